The Labute approximate surface area is 304 Å². The summed E-state index contributed by atoms with van der Waals surface area (Å²) in [6.45, 7) is 2.99. The van der Waals surface area contributed by atoms with Crippen molar-refractivity contribution in [3.05, 3.63) is 90.0 Å². The molecule has 6 rings (SSSR count). The molecule has 1 fully saturated rings. The highest BCUT2D eigenvalue weighted by Crippen LogP contribution is 2.39. The molecule has 1 aliphatic heterocycles. The van der Waals surface area contributed by atoms with E-state index in [0.717, 1.165) is 36.0 Å². The predicted octanol–water partition coefficient (Wildman–Crippen LogP) is 4.85. The molecule has 3 heterocycles. The van der Waals surface area contributed by atoms with E-state index in [1.165, 1.54) is 43.3 Å². The first kappa shape index (κ1) is 38.0. The van der Waals surface area contributed by atoms with Crippen LogP contribution in [-0.2, 0) is 34.2 Å². The fourth-order valence-corrected chi connectivity index (χ4v) is 6.38. The van der Waals surface area contributed by atoms with Crippen LogP contribution in [0.1, 0.15) is 60.0 Å². The molecular formula is C39H48N6O7. The molecule has 13 heteroatoms. The number of anilines is 1. The number of aromatic nitrogens is 3. The number of carbonyl (C=O) groups is 3. The number of nitrogens with zero attached hydrogens (tertiary/aromatic N) is 4. The number of phenols is 1. The molecule has 4 N–H and O–H groups in total. The van der Waals surface area contributed by atoms with E-state index in [4.69, 9.17) is 14.6 Å². The standard InChI is InChI=1S/C33H43N5O5.C6H5NO2/c1-37-22-27(21-35-37)25-9-7-24(8-10-25)14-19-42-20-15-31(41)38(28-5-3-2-4-6-28)18-17-34-16-13-26-11-12-29(39)32-33(26)43-23-30(40)36-32;8-6(9)5-2-1-3-7-4-5/h7-12,21-22,28,34,39H,2-6,13-20,23H2,1H3,(H,36,40);1-4H,(H,8,9). The largest absolute Gasteiger partial charge is 0.506 e. The Morgan fingerprint density at radius 3 is 2.52 bits per heavy atom. The molecule has 2 aromatic heterocycles. The number of fused-ring (bicyclic) bond motifs is 1. The van der Waals surface area contributed by atoms with Gasteiger partial charge < -0.3 is 35.2 Å². The van der Waals surface area contributed by atoms with Gasteiger partial charge in [-0.1, -0.05) is 49.6 Å². The van der Waals surface area contributed by atoms with Gasteiger partial charge in [0.25, 0.3) is 5.91 Å². The topological polar surface area (TPSA) is 168 Å². The summed E-state index contributed by atoms with van der Waals surface area (Å²) < 4.78 is 13.3. The Balaban J connectivity index is 0.000000507. The lowest BCUT2D eigenvalue weighted by Crippen LogP contribution is -2.45. The van der Waals surface area contributed by atoms with Crippen molar-refractivity contribution < 1.29 is 34.1 Å². The number of rotatable bonds is 15. The Morgan fingerprint density at radius 1 is 1.02 bits per heavy atom. The van der Waals surface area contributed by atoms with Crippen molar-refractivity contribution in [3.8, 4) is 22.6 Å². The second-order valence-electron chi connectivity index (χ2n) is 12.9. The molecule has 2 aliphatic rings. The average Bonchev–Trinajstić information content (AvgIpc) is 3.61. The van der Waals surface area contributed by atoms with E-state index >= 15 is 0 Å². The van der Waals surface area contributed by atoms with E-state index in [-0.39, 0.29) is 29.7 Å². The van der Waals surface area contributed by atoms with Crippen molar-refractivity contribution >= 4 is 23.5 Å². The van der Waals surface area contributed by atoms with Crippen LogP contribution in [0.5, 0.6) is 11.5 Å². The first-order valence-electron chi connectivity index (χ1n) is 17.8. The van der Waals surface area contributed by atoms with Gasteiger partial charge in [-0.05, 0) is 67.1 Å². The Hall–Kier alpha value is -5.27. The molecule has 0 atom stereocenters. The number of ether oxygens (including phenoxy) is 2. The molecule has 276 valence electrons. The van der Waals surface area contributed by atoms with Gasteiger partial charge in [0.1, 0.15) is 11.4 Å². The first-order valence-corrected chi connectivity index (χ1v) is 17.8. The van der Waals surface area contributed by atoms with Gasteiger partial charge in [-0.25, -0.2) is 4.79 Å². The monoisotopic (exact) mass is 712 g/mol. The van der Waals surface area contributed by atoms with Crippen LogP contribution >= 0.6 is 0 Å². The highest BCUT2D eigenvalue weighted by Gasteiger charge is 2.25. The Morgan fingerprint density at radius 2 is 1.83 bits per heavy atom. The molecule has 2 amide bonds. The van der Waals surface area contributed by atoms with Gasteiger partial charge in [0.2, 0.25) is 5.91 Å². The van der Waals surface area contributed by atoms with Gasteiger partial charge in [0.15, 0.2) is 12.4 Å². The van der Waals surface area contributed by atoms with Crippen LogP contribution in [0.15, 0.2) is 73.3 Å². The molecule has 13 nitrogen and oxygen atoms in total. The maximum atomic E-state index is 13.3. The van der Waals surface area contributed by atoms with Gasteiger partial charge in [0.05, 0.1) is 31.4 Å². The Kier molecular flexibility index (Phi) is 14.1. The minimum absolute atomic E-state index is 0.000764. The summed E-state index contributed by atoms with van der Waals surface area (Å²) in [5.74, 6) is -0.528. The third kappa shape index (κ3) is 11.1. The van der Waals surface area contributed by atoms with Gasteiger partial charge in [-0.15, -0.1) is 0 Å². The van der Waals surface area contributed by atoms with E-state index in [1.54, 1.807) is 16.8 Å². The average molecular weight is 713 g/mol. The van der Waals surface area contributed by atoms with Crippen LogP contribution < -0.4 is 15.4 Å². The highest BCUT2D eigenvalue weighted by molar-refractivity contribution is 5.97. The van der Waals surface area contributed by atoms with Crippen molar-refractivity contribution in [2.24, 2.45) is 7.05 Å². The number of aromatic hydroxyl groups is 1. The zero-order chi connectivity index (χ0) is 36.7. The molecule has 2 aromatic carbocycles. The van der Waals surface area contributed by atoms with Gasteiger partial charge in [-0.2, -0.15) is 5.10 Å². The third-order valence-corrected chi connectivity index (χ3v) is 9.16. The van der Waals surface area contributed by atoms with Crippen molar-refractivity contribution in [1.82, 2.24) is 25.0 Å². The maximum absolute atomic E-state index is 13.3. The number of nitrogens with one attached hydrogen (secondary N) is 2. The zero-order valence-corrected chi connectivity index (χ0v) is 29.6. The second kappa shape index (κ2) is 19.4. The maximum Gasteiger partial charge on any atom is 0.337 e. The number of aryl methyl sites for hydroxylation is 1. The number of benzene rings is 2. The minimum atomic E-state index is -0.942. The molecule has 0 spiro atoms. The lowest BCUT2D eigenvalue weighted by molar-refractivity contribution is -0.135. The predicted molar refractivity (Wildman–Crippen MR) is 196 cm³/mol. The third-order valence-electron chi connectivity index (χ3n) is 9.16. The van der Waals surface area contributed by atoms with Crippen molar-refractivity contribution in [2.45, 2.75) is 57.4 Å². The number of aromatic carboxylic acids is 1. The molecular weight excluding hydrogens is 664 g/mol. The van der Waals surface area contributed by atoms with Crippen LogP contribution in [0.4, 0.5) is 5.69 Å². The summed E-state index contributed by atoms with van der Waals surface area (Å²) in [4.78, 5) is 40.8. The molecule has 0 saturated heterocycles. The second-order valence-corrected chi connectivity index (χ2v) is 12.9. The van der Waals surface area contributed by atoms with Crippen molar-refractivity contribution in [1.29, 1.82) is 0 Å². The number of carboxylic acid groups (broad SMARTS) is 1. The van der Waals surface area contributed by atoms with Crippen molar-refractivity contribution in [2.75, 3.05) is 44.8 Å². The fraction of sp³-hybridized carbons (Fsp3) is 0.410. The number of phenolic OH excluding ortho intramolecular Hbond substituents is 1. The normalized spacial score (nSPS) is 14.0. The number of pyridine rings is 1. The van der Waals surface area contributed by atoms with Crippen LogP contribution in [0.25, 0.3) is 11.1 Å². The number of carbonyl (C=O) groups excluding carboxylic acids is 2. The van der Waals surface area contributed by atoms with Gasteiger partial charge in [0, 0.05) is 50.3 Å². The number of amides is 2. The van der Waals surface area contributed by atoms with Crippen LogP contribution in [-0.4, -0.2) is 93.2 Å². The zero-order valence-electron chi connectivity index (χ0n) is 29.6. The quantitative estimate of drug-likeness (QED) is 0.0989. The van der Waals surface area contributed by atoms with E-state index in [0.29, 0.717) is 63.2 Å². The lowest BCUT2D eigenvalue weighted by Gasteiger charge is -2.34. The van der Waals surface area contributed by atoms with Crippen LogP contribution in [0, 0.1) is 0 Å². The van der Waals surface area contributed by atoms with E-state index < -0.39 is 5.97 Å². The van der Waals surface area contributed by atoms with Gasteiger partial charge >= 0.3 is 5.97 Å². The minimum Gasteiger partial charge on any atom is -0.506 e. The van der Waals surface area contributed by atoms with E-state index in [9.17, 15) is 19.5 Å². The summed E-state index contributed by atoms with van der Waals surface area (Å²) >= 11 is 0. The Bertz CT molecular complexity index is 1760. The summed E-state index contributed by atoms with van der Waals surface area (Å²) in [5, 5.41) is 28.8. The molecule has 1 saturated carbocycles. The highest BCUT2D eigenvalue weighted by atomic mass is 16.5. The van der Waals surface area contributed by atoms with E-state index in [1.807, 2.05) is 25.5 Å². The fourth-order valence-electron chi connectivity index (χ4n) is 6.38. The van der Waals surface area contributed by atoms with E-state index in [2.05, 4.69) is 49.9 Å². The first-order chi connectivity index (χ1) is 25.3. The van der Waals surface area contributed by atoms with Crippen LogP contribution in [0.3, 0.4) is 0 Å². The molecule has 0 bridgehead atoms. The smallest absolute Gasteiger partial charge is 0.337 e. The summed E-state index contributed by atoms with van der Waals surface area (Å²) in [6.07, 6.45) is 14.3. The number of carboxylic acids is 1. The molecule has 0 unspecified atom stereocenters. The number of hydrogen-bond acceptors (Lipinski definition) is 9. The SMILES string of the molecule is Cn1cc(-c2ccc(CCOCCC(=O)N(CCNCCc3ccc(O)c4c3OCC(=O)N4)C3CCCCC3)cc2)cn1.O=C(O)c1cccnc1. The summed E-state index contributed by atoms with van der Waals surface area (Å²) in [6, 6.07) is 15.2. The van der Waals surface area contributed by atoms with Gasteiger partial charge in [-0.3, -0.25) is 19.3 Å². The molecule has 0 radical (unpaired) electrons. The lowest BCUT2D eigenvalue weighted by atomic mass is 9.94. The molecule has 52 heavy (non-hydrogen) atoms. The number of hydrogen-bond donors (Lipinski definition) is 4. The molecule has 4 aromatic rings. The molecule has 1 aliphatic carbocycles. The van der Waals surface area contributed by atoms with Crippen molar-refractivity contribution in [3.63, 3.8) is 0 Å². The summed E-state index contributed by atoms with van der Waals surface area (Å²) in [5.41, 5.74) is 4.92. The van der Waals surface area contributed by atoms with Crippen LogP contribution in [0.2, 0.25) is 0 Å². The summed E-state index contributed by atoms with van der Waals surface area (Å²) in [7, 11) is 1.91.